The van der Waals surface area contributed by atoms with Gasteiger partial charge in [-0.25, -0.2) is 4.98 Å². The normalized spacial score (nSPS) is 23.9. The largest absolute Gasteiger partial charge is 0.429 e. The van der Waals surface area contributed by atoms with Crippen LogP contribution in [-0.4, -0.2) is 29.5 Å². The second kappa shape index (κ2) is 3.38. The highest BCUT2D eigenvalue weighted by Gasteiger charge is 2.22. The average Bonchev–Trinajstić information content (AvgIpc) is 2.64. The van der Waals surface area contributed by atoms with E-state index in [0.717, 1.165) is 12.2 Å². The second-order valence-corrected chi connectivity index (χ2v) is 3.65. The first kappa shape index (κ1) is 8.56. The number of nitrogens with zero attached hydrogens (tertiary/aromatic N) is 2. The summed E-state index contributed by atoms with van der Waals surface area (Å²) in [5.41, 5.74) is 5.40. The molecule has 0 radical (unpaired) electrons. The third kappa shape index (κ3) is 1.83. The van der Waals surface area contributed by atoms with Crippen molar-refractivity contribution in [2.75, 3.05) is 19.3 Å². The molecule has 2 rings (SSSR count). The zero-order chi connectivity index (χ0) is 9.26. The van der Waals surface area contributed by atoms with Crippen LogP contribution in [0.5, 0.6) is 0 Å². The summed E-state index contributed by atoms with van der Waals surface area (Å²) in [7, 11) is 2.15. The van der Waals surface area contributed by atoms with Gasteiger partial charge < -0.3 is 15.1 Å². The van der Waals surface area contributed by atoms with Crippen LogP contribution < -0.4 is 5.73 Å². The molecule has 13 heavy (non-hydrogen) atoms. The zero-order valence-electron chi connectivity index (χ0n) is 7.86. The second-order valence-electron chi connectivity index (χ2n) is 3.65. The van der Waals surface area contributed by atoms with Gasteiger partial charge in [0.25, 0.3) is 6.01 Å². The summed E-state index contributed by atoms with van der Waals surface area (Å²) in [6.07, 6.45) is 5.18. The van der Waals surface area contributed by atoms with E-state index in [2.05, 4.69) is 16.9 Å². The van der Waals surface area contributed by atoms with Crippen LogP contribution in [-0.2, 0) is 6.42 Å². The van der Waals surface area contributed by atoms with Crippen LogP contribution in [0.4, 0.5) is 6.01 Å². The molecular weight excluding hydrogens is 166 g/mol. The monoisotopic (exact) mass is 181 g/mol. The highest BCUT2D eigenvalue weighted by atomic mass is 16.4. The third-order valence-corrected chi connectivity index (χ3v) is 2.68. The Kier molecular flexibility index (Phi) is 2.22. The third-order valence-electron chi connectivity index (χ3n) is 2.68. The number of oxazole rings is 1. The molecule has 0 saturated carbocycles. The Bertz CT molecular complexity index is 284. The van der Waals surface area contributed by atoms with Crippen molar-refractivity contribution in [3.8, 4) is 0 Å². The van der Waals surface area contributed by atoms with E-state index in [1.54, 1.807) is 6.20 Å². The molecule has 2 heterocycles. The van der Waals surface area contributed by atoms with Crippen LogP contribution in [0, 0.1) is 0 Å². The molecule has 0 bridgehead atoms. The predicted molar refractivity (Wildman–Crippen MR) is 50.3 cm³/mol. The molecule has 0 amide bonds. The number of nitrogen functional groups attached to an aromatic ring is 1. The first-order valence-electron chi connectivity index (χ1n) is 4.66. The van der Waals surface area contributed by atoms with Crippen LogP contribution in [0.25, 0.3) is 0 Å². The van der Waals surface area contributed by atoms with Crippen molar-refractivity contribution >= 4 is 6.01 Å². The van der Waals surface area contributed by atoms with Crippen molar-refractivity contribution in [2.45, 2.75) is 25.3 Å². The molecule has 1 saturated heterocycles. The lowest BCUT2D eigenvalue weighted by Crippen LogP contribution is -2.26. The summed E-state index contributed by atoms with van der Waals surface area (Å²) >= 11 is 0. The number of hydrogen-bond acceptors (Lipinski definition) is 4. The maximum atomic E-state index is 5.40. The van der Waals surface area contributed by atoms with E-state index in [0.29, 0.717) is 6.04 Å². The fourth-order valence-corrected chi connectivity index (χ4v) is 1.89. The topological polar surface area (TPSA) is 55.3 Å². The number of likely N-dealkylation sites (N-methyl/N-ethyl adjacent to an activating group) is 1. The van der Waals surface area contributed by atoms with E-state index in [-0.39, 0.29) is 6.01 Å². The summed E-state index contributed by atoms with van der Waals surface area (Å²) in [4.78, 5) is 6.24. The van der Waals surface area contributed by atoms with Crippen molar-refractivity contribution in [3.05, 3.63) is 12.0 Å². The summed E-state index contributed by atoms with van der Waals surface area (Å²) < 4.78 is 5.23. The van der Waals surface area contributed by atoms with E-state index in [1.807, 2.05) is 0 Å². The Morgan fingerprint density at radius 2 is 2.62 bits per heavy atom. The van der Waals surface area contributed by atoms with Crippen LogP contribution in [0.3, 0.4) is 0 Å². The Morgan fingerprint density at radius 1 is 1.77 bits per heavy atom. The molecule has 1 aliphatic rings. The van der Waals surface area contributed by atoms with Gasteiger partial charge in [-0.15, -0.1) is 0 Å². The van der Waals surface area contributed by atoms with Crippen molar-refractivity contribution < 1.29 is 4.42 Å². The maximum Gasteiger partial charge on any atom is 0.292 e. The number of aromatic nitrogens is 1. The van der Waals surface area contributed by atoms with E-state index >= 15 is 0 Å². The summed E-state index contributed by atoms with van der Waals surface area (Å²) in [6.45, 7) is 1.19. The van der Waals surface area contributed by atoms with Crippen molar-refractivity contribution in [1.82, 2.24) is 9.88 Å². The lowest BCUT2D eigenvalue weighted by molar-refractivity contribution is 0.296. The van der Waals surface area contributed by atoms with Gasteiger partial charge in [0.2, 0.25) is 0 Å². The summed E-state index contributed by atoms with van der Waals surface area (Å²) in [5.74, 6) is 0.899. The fourth-order valence-electron chi connectivity index (χ4n) is 1.89. The predicted octanol–water partition coefficient (Wildman–Crippen LogP) is 0.893. The van der Waals surface area contributed by atoms with Crippen LogP contribution >= 0.6 is 0 Å². The summed E-state index contributed by atoms with van der Waals surface area (Å²) in [5, 5.41) is 0. The van der Waals surface area contributed by atoms with Gasteiger partial charge in [-0.05, 0) is 26.4 Å². The van der Waals surface area contributed by atoms with Gasteiger partial charge in [-0.2, -0.15) is 0 Å². The lowest BCUT2D eigenvalue weighted by Gasteiger charge is -2.17. The van der Waals surface area contributed by atoms with E-state index in [1.165, 1.54) is 19.4 Å². The minimum Gasteiger partial charge on any atom is -0.429 e. The van der Waals surface area contributed by atoms with Gasteiger partial charge in [0.1, 0.15) is 5.76 Å². The molecule has 4 nitrogen and oxygen atoms in total. The molecule has 4 heteroatoms. The molecule has 1 aromatic rings. The van der Waals surface area contributed by atoms with Gasteiger partial charge >= 0.3 is 0 Å². The highest BCUT2D eigenvalue weighted by molar-refractivity contribution is 5.11. The van der Waals surface area contributed by atoms with Crippen LogP contribution in [0.2, 0.25) is 0 Å². The Labute approximate surface area is 77.7 Å². The molecule has 1 fully saturated rings. The standard InChI is InChI=1S/C9H15N3O/c1-12-4-2-3-7(12)5-8-6-11-9(10)13-8/h6-7H,2-5H2,1H3,(H2,10,11). The van der Waals surface area contributed by atoms with Crippen molar-refractivity contribution in [3.63, 3.8) is 0 Å². The smallest absolute Gasteiger partial charge is 0.292 e. The van der Waals surface area contributed by atoms with Gasteiger partial charge in [-0.1, -0.05) is 0 Å². The molecular formula is C9H15N3O. The number of anilines is 1. The van der Waals surface area contributed by atoms with Crippen LogP contribution in [0.1, 0.15) is 18.6 Å². The molecule has 2 N–H and O–H groups in total. The number of nitrogens with two attached hydrogens (primary N) is 1. The molecule has 0 aliphatic carbocycles. The molecule has 1 aromatic heterocycles. The minimum absolute atomic E-state index is 0.274. The first-order chi connectivity index (χ1) is 6.25. The van der Waals surface area contributed by atoms with Crippen molar-refractivity contribution in [2.24, 2.45) is 0 Å². The quantitative estimate of drug-likeness (QED) is 0.736. The molecule has 1 atom stereocenters. The number of likely N-dealkylation sites (tertiary alicyclic amines) is 1. The minimum atomic E-state index is 0.274. The number of rotatable bonds is 2. The molecule has 0 spiro atoms. The fraction of sp³-hybridized carbons (Fsp3) is 0.667. The summed E-state index contributed by atoms with van der Waals surface area (Å²) in [6, 6.07) is 0.878. The SMILES string of the molecule is CN1CCCC1Cc1cnc(N)o1. The van der Waals surface area contributed by atoms with E-state index in [9.17, 15) is 0 Å². The highest BCUT2D eigenvalue weighted by Crippen LogP contribution is 2.19. The van der Waals surface area contributed by atoms with Gasteiger partial charge in [0, 0.05) is 12.5 Å². The molecule has 1 unspecified atom stereocenters. The van der Waals surface area contributed by atoms with Crippen molar-refractivity contribution in [1.29, 1.82) is 0 Å². The molecule has 0 aromatic carbocycles. The van der Waals surface area contributed by atoms with Gasteiger partial charge in [0.15, 0.2) is 0 Å². The van der Waals surface area contributed by atoms with Gasteiger partial charge in [0.05, 0.1) is 6.20 Å². The average molecular weight is 181 g/mol. The Hall–Kier alpha value is -1.03. The first-order valence-corrected chi connectivity index (χ1v) is 4.66. The van der Waals surface area contributed by atoms with Crippen LogP contribution in [0.15, 0.2) is 10.6 Å². The van der Waals surface area contributed by atoms with Gasteiger partial charge in [-0.3, -0.25) is 0 Å². The molecule has 1 aliphatic heterocycles. The van der Waals surface area contributed by atoms with E-state index in [4.69, 9.17) is 10.2 Å². The number of hydrogen-bond donors (Lipinski definition) is 1. The van der Waals surface area contributed by atoms with E-state index < -0.39 is 0 Å². The Morgan fingerprint density at radius 3 is 3.15 bits per heavy atom. The zero-order valence-corrected chi connectivity index (χ0v) is 7.86. The molecule has 72 valence electrons. The maximum absolute atomic E-state index is 5.40. The lowest BCUT2D eigenvalue weighted by atomic mass is 10.1. The Balaban J connectivity index is 1.97.